The maximum Gasteiger partial charge on any atom is 0.244 e. The molecule has 1 aliphatic heterocycles. The standard InChI is InChI=1S/C14H17N3O2/c1-9-16-11-8-10(4-5-12(11)19-9)17-13(18)14(2)6-3-7-15-14/h4-5,8,15H,3,6-7H2,1-2H3,(H,17,18). The van der Waals surface area contributed by atoms with Gasteiger partial charge in [-0.1, -0.05) is 0 Å². The molecular weight excluding hydrogens is 242 g/mol. The van der Waals surface area contributed by atoms with Crippen LogP contribution in [0.2, 0.25) is 0 Å². The van der Waals surface area contributed by atoms with Crippen LogP contribution in [0.3, 0.4) is 0 Å². The number of rotatable bonds is 2. The molecule has 2 N–H and O–H groups in total. The van der Waals surface area contributed by atoms with E-state index in [0.29, 0.717) is 5.89 Å². The molecule has 1 aromatic carbocycles. The summed E-state index contributed by atoms with van der Waals surface area (Å²) in [4.78, 5) is 16.5. The van der Waals surface area contributed by atoms with Gasteiger partial charge in [0.05, 0.1) is 5.54 Å². The van der Waals surface area contributed by atoms with Gasteiger partial charge in [-0.2, -0.15) is 0 Å². The minimum atomic E-state index is -0.464. The summed E-state index contributed by atoms with van der Waals surface area (Å²) in [5, 5.41) is 6.19. The molecule has 0 spiro atoms. The Morgan fingerprint density at radius 2 is 2.37 bits per heavy atom. The van der Waals surface area contributed by atoms with Gasteiger partial charge in [0.25, 0.3) is 0 Å². The Hall–Kier alpha value is -1.88. The average molecular weight is 259 g/mol. The van der Waals surface area contributed by atoms with Gasteiger partial charge in [-0.3, -0.25) is 4.79 Å². The van der Waals surface area contributed by atoms with Crippen molar-refractivity contribution in [2.45, 2.75) is 32.2 Å². The number of nitrogens with one attached hydrogen (secondary N) is 2. The largest absolute Gasteiger partial charge is 0.441 e. The highest BCUT2D eigenvalue weighted by Crippen LogP contribution is 2.23. The van der Waals surface area contributed by atoms with Crippen LogP contribution < -0.4 is 10.6 Å². The third-order valence-corrected chi connectivity index (χ3v) is 3.62. The summed E-state index contributed by atoms with van der Waals surface area (Å²) in [7, 11) is 0. The average Bonchev–Trinajstić information content (AvgIpc) is 2.95. The lowest BCUT2D eigenvalue weighted by molar-refractivity contribution is -0.121. The van der Waals surface area contributed by atoms with Gasteiger partial charge >= 0.3 is 0 Å². The van der Waals surface area contributed by atoms with E-state index in [-0.39, 0.29) is 5.91 Å². The second-order valence-electron chi connectivity index (χ2n) is 5.23. The highest BCUT2D eigenvalue weighted by Gasteiger charge is 2.35. The van der Waals surface area contributed by atoms with Gasteiger partial charge < -0.3 is 15.1 Å². The van der Waals surface area contributed by atoms with Crippen LogP contribution in [0, 0.1) is 6.92 Å². The first-order valence-electron chi connectivity index (χ1n) is 6.50. The van der Waals surface area contributed by atoms with Gasteiger partial charge in [-0.15, -0.1) is 0 Å². The van der Waals surface area contributed by atoms with E-state index in [4.69, 9.17) is 4.42 Å². The number of hydrogen-bond donors (Lipinski definition) is 2. The Labute approximate surface area is 111 Å². The molecule has 2 aromatic rings. The van der Waals surface area contributed by atoms with E-state index in [9.17, 15) is 4.79 Å². The van der Waals surface area contributed by atoms with E-state index in [1.54, 1.807) is 0 Å². The molecule has 1 aromatic heterocycles. The molecule has 1 atom stereocenters. The topological polar surface area (TPSA) is 67.2 Å². The minimum absolute atomic E-state index is 0.00423. The molecular formula is C14H17N3O2. The molecule has 5 heteroatoms. The van der Waals surface area contributed by atoms with Crippen LogP contribution in [0.25, 0.3) is 11.1 Å². The molecule has 1 fully saturated rings. The van der Waals surface area contributed by atoms with Crippen molar-refractivity contribution >= 4 is 22.7 Å². The third-order valence-electron chi connectivity index (χ3n) is 3.62. The fourth-order valence-electron chi connectivity index (χ4n) is 2.48. The van der Waals surface area contributed by atoms with Gasteiger partial charge in [0.1, 0.15) is 5.52 Å². The highest BCUT2D eigenvalue weighted by molar-refractivity contribution is 5.99. The fourth-order valence-corrected chi connectivity index (χ4v) is 2.48. The predicted molar refractivity (Wildman–Crippen MR) is 73.0 cm³/mol. The Bertz CT molecular complexity index is 627. The lowest BCUT2D eigenvalue weighted by atomic mass is 9.99. The van der Waals surface area contributed by atoms with Gasteiger partial charge in [0, 0.05) is 12.6 Å². The van der Waals surface area contributed by atoms with Crippen molar-refractivity contribution in [3.05, 3.63) is 24.1 Å². The molecule has 19 heavy (non-hydrogen) atoms. The fraction of sp³-hybridized carbons (Fsp3) is 0.429. The summed E-state index contributed by atoms with van der Waals surface area (Å²) in [5.41, 5.74) is 1.79. The van der Waals surface area contributed by atoms with Crippen molar-refractivity contribution in [1.29, 1.82) is 0 Å². The highest BCUT2D eigenvalue weighted by atomic mass is 16.3. The third kappa shape index (κ3) is 2.21. The van der Waals surface area contributed by atoms with E-state index < -0.39 is 5.54 Å². The molecule has 0 aliphatic carbocycles. The molecule has 0 saturated carbocycles. The number of aromatic nitrogens is 1. The van der Waals surface area contributed by atoms with E-state index in [1.165, 1.54) is 0 Å². The van der Waals surface area contributed by atoms with Crippen LogP contribution in [0.4, 0.5) is 5.69 Å². The molecule has 0 radical (unpaired) electrons. The first-order valence-corrected chi connectivity index (χ1v) is 6.50. The van der Waals surface area contributed by atoms with Crippen LogP contribution in [0.1, 0.15) is 25.7 Å². The molecule has 100 valence electrons. The molecule has 5 nitrogen and oxygen atoms in total. The van der Waals surface area contributed by atoms with E-state index in [1.807, 2.05) is 32.0 Å². The van der Waals surface area contributed by atoms with Crippen LogP contribution in [0.15, 0.2) is 22.6 Å². The van der Waals surface area contributed by atoms with Crippen molar-refractivity contribution in [3.8, 4) is 0 Å². The molecule has 3 rings (SSSR count). The van der Waals surface area contributed by atoms with E-state index in [0.717, 1.165) is 36.2 Å². The lowest BCUT2D eigenvalue weighted by Gasteiger charge is -2.22. The monoisotopic (exact) mass is 259 g/mol. The summed E-state index contributed by atoms with van der Waals surface area (Å²) in [6.45, 7) is 4.64. The Morgan fingerprint density at radius 1 is 1.53 bits per heavy atom. The number of hydrogen-bond acceptors (Lipinski definition) is 4. The van der Waals surface area contributed by atoms with E-state index >= 15 is 0 Å². The molecule has 2 heterocycles. The summed E-state index contributed by atoms with van der Waals surface area (Å²) < 4.78 is 5.41. The molecule has 1 unspecified atom stereocenters. The number of anilines is 1. The zero-order chi connectivity index (χ0) is 13.5. The molecule has 1 aliphatic rings. The Kier molecular flexibility index (Phi) is 2.78. The van der Waals surface area contributed by atoms with E-state index in [2.05, 4.69) is 15.6 Å². The number of benzene rings is 1. The molecule has 0 bridgehead atoms. The summed E-state index contributed by atoms with van der Waals surface area (Å²) in [5.74, 6) is 0.632. The number of fused-ring (bicyclic) bond motifs is 1. The number of aryl methyl sites for hydroxylation is 1. The molecule has 1 saturated heterocycles. The van der Waals surface area contributed by atoms with Gasteiger partial charge in [-0.25, -0.2) is 4.98 Å². The van der Waals surface area contributed by atoms with Crippen LogP contribution in [-0.4, -0.2) is 23.0 Å². The van der Waals surface area contributed by atoms with Crippen LogP contribution in [0.5, 0.6) is 0 Å². The smallest absolute Gasteiger partial charge is 0.244 e. The van der Waals surface area contributed by atoms with Crippen LogP contribution in [-0.2, 0) is 4.79 Å². The first kappa shape index (κ1) is 12.2. The maximum absolute atomic E-state index is 12.3. The molecule has 1 amide bonds. The minimum Gasteiger partial charge on any atom is -0.441 e. The first-order chi connectivity index (χ1) is 9.07. The number of nitrogens with zero attached hydrogens (tertiary/aromatic N) is 1. The van der Waals surface area contributed by atoms with Crippen molar-refractivity contribution in [1.82, 2.24) is 10.3 Å². The van der Waals surface area contributed by atoms with Crippen molar-refractivity contribution < 1.29 is 9.21 Å². The summed E-state index contributed by atoms with van der Waals surface area (Å²) in [6.07, 6.45) is 1.90. The number of oxazole rings is 1. The lowest BCUT2D eigenvalue weighted by Crippen LogP contribution is -2.47. The zero-order valence-electron chi connectivity index (χ0n) is 11.1. The zero-order valence-corrected chi connectivity index (χ0v) is 11.1. The second kappa shape index (κ2) is 4.35. The SMILES string of the molecule is Cc1nc2cc(NC(=O)C3(C)CCCN3)ccc2o1. The summed E-state index contributed by atoms with van der Waals surface area (Å²) in [6, 6.07) is 5.50. The number of carbonyl (C=O) groups excluding carboxylic acids is 1. The van der Waals surface area contributed by atoms with Gasteiger partial charge in [-0.05, 0) is 44.5 Å². The van der Waals surface area contributed by atoms with Crippen molar-refractivity contribution in [2.75, 3.05) is 11.9 Å². The maximum atomic E-state index is 12.3. The van der Waals surface area contributed by atoms with Gasteiger partial charge in [0.15, 0.2) is 11.5 Å². The quantitative estimate of drug-likeness (QED) is 0.867. The van der Waals surface area contributed by atoms with Crippen molar-refractivity contribution in [2.24, 2.45) is 0 Å². The normalized spacial score (nSPS) is 22.8. The van der Waals surface area contributed by atoms with Gasteiger partial charge in [0.2, 0.25) is 5.91 Å². The Morgan fingerprint density at radius 3 is 3.11 bits per heavy atom. The predicted octanol–water partition coefficient (Wildman–Crippen LogP) is 2.22. The number of carbonyl (C=O) groups is 1. The number of amides is 1. The van der Waals surface area contributed by atoms with Crippen LogP contribution >= 0.6 is 0 Å². The second-order valence-corrected chi connectivity index (χ2v) is 5.23. The van der Waals surface area contributed by atoms with Crippen molar-refractivity contribution in [3.63, 3.8) is 0 Å². The Balaban J connectivity index is 1.82. The summed E-state index contributed by atoms with van der Waals surface area (Å²) >= 11 is 0.